The molecule has 1 aromatic rings. The summed E-state index contributed by atoms with van der Waals surface area (Å²) in [6, 6.07) is 7.09. The summed E-state index contributed by atoms with van der Waals surface area (Å²) in [7, 11) is 6.64. The van der Waals surface area contributed by atoms with E-state index in [1.807, 2.05) is 65.0 Å². The molecule has 1 saturated carbocycles. The number of methoxy groups -OCH3 is 2. The highest BCUT2D eigenvalue weighted by atomic mass is 16.5. The van der Waals surface area contributed by atoms with Crippen LogP contribution in [0.4, 0.5) is 0 Å². The van der Waals surface area contributed by atoms with E-state index in [2.05, 4.69) is 29.8 Å². The summed E-state index contributed by atoms with van der Waals surface area (Å²) in [5.74, 6) is -1.83. The molecule has 290 valence electrons. The van der Waals surface area contributed by atoms with Crippen LogP contribution in [0.3, 0.4) is 0 Å². The second-order valence-electron chi connectivity index (χ2n) is 15.4. The Bertz CT molecular complexity index is 1240. The van der Waals surface area contributed by atoms with Crippen LogP contribution in [0.25, 0.3) is 0 Å². The van der Waals surface area contributed by atoms with E-state index in [-0.39, 0.29) is 59.5 Å². The second kappa shape index (κ2) is 21.0. The number of nitrogens with zero attached hydrogens (tertiary/aromatic N) is 1. The third-order valence-electron chi connectivity index (χ3n) is 11.2. The van der Waals surface area contributed by atoms with Gasteiger partial charge in [0.1, 0.15) is 11.8 Å². The average Bonchev–Trinajstić information content (AvgIpc) is 3.59. The van der Waals surface area contributed by atoms with Crippen LogP contribution in [0.5, 0.6) is 0 Å². The number of carbonyl (C=O) groups excluding carboxylic acids is 4. The van der Waals surface area contributed by atoms with Crippen molar-refractivity contribution in [3.05, 3.63) is 35.9 Å². The Hall–Kier alpha value is -2.86. The Balaban J connectivity index is 2.24. The van der Waals surface area contributed by atoms with E-state index in [1.165, 1.54) is 0 Å². The van der Waals surface area contributed by atoms with Crippen molar-refractivity contribution in [2.75, 3.05) is 28.3 Å². The molecule has 1 aliphatic rings. The number of rotatable bonds is 21. The van der Waals surface area contributed by atoms with Crippen molar-refractivity contribution in [1.82, 2.24) is 20.9 Å². The van der Waals surface area contributed by atoms with Crippen molar-refractivity contribution in [3.8, 4) is 0 Å². The number of Topliss-reactive ketones (excluding diaryl/α,β-unsaturated/α-hetero) is 1. The number of hydrogen-bond donors (Lipinski definition) is 4. The number of aliphatic hydroxyl groups excluding tert-OH is 1. The molecule has 1 fully saturated rings. The van der Waals surface area contributed by atoms with Gasteiger partial charge in [-0.15, -0.1) is 0 Å². The maximum atomic E-state index is 14.2. The highest BCUT2D eigenvalue weighted by molar-refractivity contribution is 5.90. The summed E-state index contributed by atoms with van der Waals surface area (Å²) in [6.45, 7) is 15.4. The third-order valence-corrected chi connectivity index (χ3v) is 11.2. The number of likely N-dealkylation sites (N-methyl/N-ethyl adjacent to an activating group) is 2. The van der Waals surface area contributed by atoms with Gasteiger partial charge in [-0.1, -0.05) is 91.6 Å². The molecule has 1 aliphatic carbocycles. The van der Waals surface area contributed by atoms with Crippen LogP contribution in [0.15, 0.2) is 30.3 Å². The molecule has 0 radical (unpaired) electrons. The van der Waals surface area contributed by atoms with E-state index in [0.29, 0.717) is 6.42 Å². The van der Waals surface area contributed by atoms with Crippen LogP contribution >= 0.6 is 0 Å². The Kier molecular flexibility index (Phi) is 18.2. The molecule has 4 N–H and O–H groups in total. The van der Waals surface area contributed by atoms with Gasteiger partial charge in [0.25, 0.3) is 0 Å². The standard InChI is InChI=1S/C40H68N4O7/c1-13-25(6)35(44(10)40(49)34(24(4)5)43-39(48)33(41-9)23(2)3)32(50-11)22-31(45)29-20-17-21-30(29)37(51-12)26(7)38(47)42-27(8)36(46)28-18-15-14-16-19-28/h14-16,18-19,23-27,29-30,32-37,41,46H,13,17,20-22H2,1-12H3,(H,42,47)(H,43,48)/t25-,26+,27+,29?,30+,32+,33?,34?,35-,36+,37+/m0/s1. The topological polar surface area (TPSA) is 146 Å². The zero-order valence-electron chi connectivity index (χ0n) is 33.3. The number of ketones is 1. The Labute approximate surface area is 307 Å². The molecular weight excluding hydrogens is 648 g/mol. The van der Waals surface area contributed by atoms with E-state index in [0.717, 1.165) is 24.8 Å². The minimum Gasteiger partial charge on any atom is -0.386 e. The minimum atomic E-state index is -0.865. The van der Waals surface area contributed by atoms with Crippen molar-refractivity contribution in [1.29, 1.82) is 0 Å². The van der Waals surface area contributed by atoms with Crippen molar-refractivity contribution in [2.24, 2.45) is 35.5 Å². The summed E-state index contributed by atoms with van der Waals surface area (Å²) < 4.78 is 12.0. The van der Waals surface area contributed by atoms with Crippen LogP contribution < -0.4 is 16.0 Å². The van der Waals surface area contributed by atoms with Gasteiger partial charge in [-0.3, -0.25) is 19.2 Å². The van der Waals surface area contributed by atoms with Crippen LogP contribution in [0.1, 0.15) is 99.2 Å². The first-order chi connectivity index (χ1) is 24.0. The van der Waals surface area contributed by atoms with Crippen molar-refractivity contribution in [2.45, 2.75) is 130 Å². The molecule has 3 amide bonds. The maximum Gasteiger partial charge on any atom is 0.245 e. The largest absolute Gasteiger partial charge is 0.386 e. The quantitative estimate of drug-likeness (QED) is 0.145. The van der Waals surface area contributed by atoms with Crippen molar-refractivity contribution in [3.63, 3.8) is 0 Å². The molecule has 51 heavy (non-hydrogen) atoms. The Morgan fingerprint density at radius 2 is 1.49 bits per heavy atom. The van der Waals surface area contributed by atoms with E-state index in [1.54, 1.807) is 40.1 Å². The van der Waals surface area contributed by atoms with Crippen molar-refractivity contribution < 1.29 is 33.8 Å². The monoisotopic (exact) mass is 717 g/mol. The van der Waals surface area contributed by atoms with Crippen LogP contribution in [-0.4, -0.2) is 98.2 Å². The first-order valence-corrected chi connectivity index (χ1v) is 18.9. The SMILES string of the molecule is CC[C@H](C)[C@@H]([C@@H](CC(=O)C1CCC[C@H]1[C@H](OC)[C@@H](C)C(=O)N[C@H](C)[C@@H](O)c1ccccc1)OC)N(C)C(=O)C(NC(=O)C(NC)C(C)C)C(C)C. The zero-order chi connectivity index (χ0) is 38.6. The van der Waals surface area contributed by atoms with Gasteiger partial charge >= 0.3 is 0 Å². The van der Waals surface area contributed by atoms with Gasteiger partial charge in [0.15, 0.2) is 0 Å². The van der Waals surface area contributed by atoms with Crippen molar-refractivity contribution >= 4 is 23.5 Å². The Morgan fingerprint density at radius 3 is 2.00 bits per heavy atom. The molecular formula is C40H68N4O7. The first-order valence-electron chi connectivity index (χ1n) is 18.9. The highest BCUT2D eigenvalue weighted by Gasteiger charge is 2.44. The van der Waals surface area contributed by atoms with Gasteiger partial charge in [0, 0.05) is 33.6 Å². The maximum absolute atomic E-state index is 14.2. The van der Waals surface area contributed by atoms with Gasteiger partial charge in [-0.05, 0) is 56.0 Å². The summed E-state index contributed by atoms with van der Waals surface area (Å²) >= 11 is 0. The average molecular weight is 717 g/mol. The van der Waals surface area contributed by atoms with Gasteiger partial charge in [0.05, 0.1) is 42.4 Å². The van der Waals surface area contributed by atoms with E-state index >= 15 is 0 Å². The molecule has 11 atom stereocenters. The molecule has 11 heteroatoms. The van der Waals surface area contributed by atoms with Crippen LogP contribution in [0.2, 0.25) is 0 Å². The highest BCUT2D eigenvalue weighted by Crippen LogP contribution is 2.40. The smallest absolute Gasteiger partial charge is 0.245 e. The van der Waals surface area contributed by atoms with E-state index in [4.69, 9.17) is 9.47 Å². The number of ether oxygens (including phenoxy) is 2. The van der Waals surface area contributed by atoms with Gasteiger partial charge in [0.2, 0.25) is 17.7 Å². The molecule has 0 saturated heterocycles. The number of carbonyl (C=O) groups is 4. The van der Waals surface area contributed by atoms with E-state index in [9.17, 15) is 24.3 Å². The summed E-state index contributed by atoms with van der Waals surface area (Å²) in [5.41, 5.74) is 0.719. The fourth-order valence-electron chi connectivity index (χ4n) is 7.88. The molecule has 0 spiro atoms. The lowest BCUT2D eigenvalue weighted by Crippen LogP contribution is -2.59. The lowest BCUT2D eigenvalue weighted by Gasteiger charge is -2.40. The fourth-order valence-corrected chi connectivity index (χ4v) is 7.88. The number of hydrogen-bond acceptors (Lipinski definition) is 8. The normalized spacial score (nSPS) is 21.5. The molecule has 1 aromatic carbocycles. The minimum absolute atomic E-state index is 0.00368. The van der Waals surface area contributed by atoms with Crippen LogP contribution in [-0.2, 0) is 28.7 Å². The van der Waals surface area contributed by atoms with Gasteiger partial charge < -0.3 is 35.4 Å². The summed E-state index contributed by atoms with van der Waals surface area (Å²) in [6.07, 6.45) is 1.19. The molecule has 0 aromatic heterocycles. The summed E-state index contributed by atoms with van der Waals surface area (Å²) in [5, 5.41) is 19.8. The summed E-state index contributed by atoms with van der Waals surface area (Å²) in [4.78, 5) is 56.6. The van der Waals surface area contributed by atoms with Gasteiger partial charge in [-0.2, -0.15) is 0 Å². The number of benzene rings is 1. The molecule has 11 nitrogen and oxygen atoms in total. The second-order valence-corrected chi connectivity index (χ2v) is 15.4. The van der Waals surface area contributed by atoms with E-state index < -0.39 is 48.4 Å². The zero-order valence-corrected chi connectivity index (χ0v) is 33.3. The number of nitrogens with one attached hydrogen (secondary N) is 3. The molecule has 0 bridgehead atoms. The molecule has 0 heterocycles. The first kappa shape index (κ1) is 44.3. The number of amides is 3. The lowest BCUT2D eigenvalue weighted by molar-refractivity contribution is -0.145. The lowest BCUT2D eigenvalue weighted by atomic mass is 9.79. The number of aliphatic hydroxyl groups is 1. The molecule has 3 unspecified atom stereocenters. The Morgan fingerprint density at radius 1 is 0.882 bits per heavy atom. The third kappa shape index (κ3) is 11.6. The fraction of sp³-hybridized carbons (Fsp3) is 0.750. The molecule has 2 rings (SSSR count). The predicted molar refractivity (Wildman–Crippen MR) is 201 cm³/mol. The predicted octanol–water partition coefficient (Wildman–Crippen LogP) is 4.52. The molecule has 0 aliphatic heterocycles. The van der Waals surface area contributed by atoms with Crippen LogP contribution in [0, 0.1) is 35.5 Å². The van der Waals surface area contributed by atoms with Gasteiger partial charge in [-0.25, -0.2) is 0 Å².